The molecule has 2 rings (SSSR count). The number of alkyl halides is 1. The first-order valence-corrected chi connectivity index (χ1v) is 6.59. The van der Waals surface area contributed by atoms with Gasteiger partial charge in [-0.25, -0.2) is 4.39 Å². The molecule has 0 bridgehead atoms. The van der Waals surface area contributed by atoms with E-state index in [0.29, 0.717) is 10.0 Å². The molecule has 88 valence electrons. The molecule has 17 heavy (non-hydrogen) atoms. The van der Waals surface area contributed by atoms with Crippen molar-refractivity contribution in [3.8, 4) is 0 Å². The number of hydrogen-bond acceptors (Lipinski definition) is 0. The van der Waals surface area contributed by atoms with Crippen LogP contribution in [0, 0.1) is 5.82 Å². The van der Waals surface area contributed by atoms with Crippen LogP contribution in [0.1, 0.15) is 16.0 Å². The first-order valence-electron chi connectivity index (χ1n) is 4.92. The standard InChI is InChI=1S/C13H8BrCl2F/c14-13(8-1-4-10(17)5-2-8)11-7-9(15)3-6-12(11)16/h1-7,13H. The maximum atomic E-state index is 12.8. The number of hydrogen-bond donors (Lipinski definition) is 0. The van der Waals surface area contributed by atoms with Gasteiger partial charge in [-0.1, -0.05) is 51.3 Å². The number of rotatable bonds is 2. The molecule has 0 amide bonds. The van der Waals surface area contributed by atoms with E-state index in [4.69, 9.17) is 23.2 Å². The Morgan fingerprint density at radius 3 is 2.29 bits per heavy atom. The van der Waals surface area contributed by atoms with E-state index in [1.165, 1.54) is 12.1 Å². The molecule has 0 radical (unpaired) electrons. The molecule has 0 aliphatic rings. The lowest BCUT2D eigenvalue weighted by atomic mass is 10.0. The maximum Gasteiger partial charge on any atom is 0.123 e. The number of benzene rings is 2. The molecule has 0 aliphatic heterocycles. The van der Waals surface area contributed by atoms with Gasteiger partial charge < -0.3 is 0 Å². The van der Waals surface area contributed by atoms with Crippen LogP contribution in [0.2, 0.25) is 10.0 Å². The molecule has 0 fully saturated rings. The summed E-state index contributed by atoms with van der Waals surface area (Å²) in [6, 6.07) is 11.5. The van der Waals surface area contributed by atoms with Crippen molar-refractivity contribution >= 4 is 39.1 Å². The largest absolute Gasteiger partial charge is 0.207 e. The Balaban J connectivity index is 2.39. The minimum absolute atomic E-state index is 0.103. The highest BCUT2D eigenvalue weighted by molar-refractivity contribution is 9.09. The molecule has 1 unspecified atom stereocenters. The SMILES string of the molecule is Fc1ccc(C(Br)c2cc(Cl)ccc2Cl)cc1. The zero-order valence-corrected chi connectivity index (χ0v) is 11.7. The summed E-state index contributed by atoms with van der Waals surface area (Å²) in [6.07, 6.45) is 0. The molecular weight excluding hydrogens is 326 g/mol. The smallest absolute Gasteiger partial charge is 0.123 e. The van der Waals surface area contributed by atoms with E-state index < -0.39 is 0 Å². The van der Waals surface area contributed by atoms with E-state index in [2.05, 4.69) is 15.9 Å². The Morgan fingerprint density at radius 1 is 1.00 bits per heavy atom. The summed E-state index contributed by atoms with van der Waals surface area (Å²) in [7, 11) is 0. The third-order valence-corrected chi connectivity index (χ3v) is 3.99. The highest BCUT2D eigenvalue weighted by Crippen LogP contribution is 2.36. The van der Waals surface area contributed by atoms with E-state index in [1.54, 1.807) is 30.3 Å². The Hall–Kier alpha value is -0.570. The minimum Gasteiger partial charge on any atom is -0.207 e. The summed E-state index contributed by atoms with van der Waals surface area (Å²) >= 11 is 15.6. The summed E-state index contributed by atoms with van der Waals surface area (Å²) < 4.78 is 12.8. The Morgan fingerprint density at radius 2 is 1.65 bits per heavy atom. The molecular formula is C13H8BrCl2F. The van der Waals surface area contributed by atoms with Crippen molar-refractivity contribution in [3.05, 3.63) is 69.5 Å². The average molecular weight is 334 g/mol. The Kier molecular flexibility index (Phi) is 4.08. The molecule has 0 nitrogen and oxygen atoms in total. The first kappa shape index (κ1) is 12.9. The highest BCUT2D eigenvalue weighted by Gasteiger charge is 2.14. The lowest BCUT2D eigenvalue weighted by Crippen LogP contribution is -1.94. The molecule has 0 N–H and O–H groups in total. The molecule has 0 spiro atoms. The van der Waals surface area contributed by atoms with Gasteiger partial charge in [0.2, 0.25) is 0 Å². The summed E-state index contributed by atoms with van der Waals surface area (Å²) in [6.45, 7) is 0. The van der Waals surface area contributed by atoms with E-state index in [0.717, 1.165) is 11.1 Å². The van der Waals surface area contributed by atoms with Gasteiger partial charge in [-0.15, -0.1) is 0 Å². The van der Waals surface area contributed by atoms with Crippen LogP contribution in [0.5, 0.6) is 0 Å². The predicted octanol–water partition coefficient (Wildman–Crippen LogP) is 5.62. The lowest BCUT2D eigenvalue weighted by molar-refractivity contribution is 0.627. The Bertz CT molecular complexity index is 525. The predicted molar refractivity (Wildman–Crippen MR) is 73.6 cm³/mol. The molecule has 1 atom stereocenters. The third kappa shape index (κ3) is 3.01. The van der Waals surface area contributed by atoms with Crippen molar-refractivity contribution in [2.24, 2.45) is 0 Å². The van der Waals surface area contributed by atoms with Crippen molar-refractivity contribution in [3.63, 3.8) is 0 Å². The fourth-order valence-electron chi connectivity index (χ4n) is 1.52. The van der Waals surface area contributed by atoms with Crippen LogP contribution in [0.25, 0.3) is 0 Å². The summed E-state index contributed by atoms with van der Waals surface area (Å²) in [5.74, 6) is -0.259. The highest BCUT2D eigenvalue weighted by atomic mass is 79.9. The van der Waals surface area contributed by atoms with Crippen LogP contribution in [0.3, 0.4) is 0 Å². The van der Waals surface area contributed by atoms with Gasteiger partial charge in [-0.2, -0.15) is 0 Å². The van der Waals surface area contributed by atoms with Crippen LogP contribution in [-0.2, 0) is 0 Å². The van der Waals surface area contributed by atoms with Crippen LogP contribution in [0.4, 0.5) is 4.39 Å². The second-order valence-corrected chi connectivity index (χ2v) is 5.34. The van der Waals surface area contributed by atoms with Crippen molar-refractivity contribution in [2.45, 2.75) is 4.83 Å². The zero-order valence-electron chi connectivity index (χ0n) is 8.63. The third-order valence-electron chi connectivity index (χ3n) is 2.39. The Labute approximate surface area is 117 Å². The van der Waals surface area contributed by atoms with Crippen LogP contribution in [-0.4, -0.2) is 0 Å². The molecule has 0 heterocycles. The fraction of sp³-hybridized carbons (Fsp3) is 0.0769. The van der Waals surface area contributed by atoms with Gasteiger partial charge in [0, 0.05) is 10.0 Å². The zero-order chi connectivity index (χ0) is 12.4. The van der Waals surface area contributed by atoms with E-state index >= 15 is 0 Å². The van der Waals surface area contributed by atoms with Gasteiger partial charge in [-0.05, 0) is 41.5 Å². The van der Waals surface area contributed by atoms with E-state index in [9.17, 15) is 4.39 Å². The lowest BCUT2D eigenvalue weighted by Gasteiger charge is -2.12. The second kappa shape index (κ2) is 5.38. The summed E-state index contributed by atoms with van der Waals surface area (Å²) in [5.41, 5.74) is 1.79. The molecule has 2 aromatic carbocycles. The quantitative estimate of drug-likeness (QED) is 0.626. The molecule has 0 saturated carbocycles. The molecule has 0 saturated heterocycles. The van der Waals surface area contributed by atoms with Gasteiger partial charge in [0.15, 0.2) is 0 Å². The minimum atomic E-state index is -0.259. The molecule has 4 heteroatoms. The van der Waals surface area contributed by atoms with E-state index in [1.807, 2.05) is 0 Å². The fourth-order valence-corrected chi connectivity index (χ4v) is 2.74. The average Bonchev–Trinajstić information content (AvgIpc) is 2.32. The van der Waals surface area contributed by atoms with E-state index in [-0.39, 0.29) is 10.6 Å². The van der Waals surface area contributed by atoms with Crippen LogP contribution >= 0.6 is 39.1 Å². The molecule has 0 aliphatic carbocycles. The molecule has 0 aromatic heterocycles. The van der Waals surface area contributed by atoms with Crippen molar-refractivity contribution in [1.82, 2.24) is 0 Å². The van der Waals surface area contributed by atoms with Crippen molar-refractivity contribution in [2.75, 3.05) is 0 Å². The topological polar surface area (TPSA) is 0 Å². The second-order valence-electron chi connectivity index (χ2n) is 3.58. The van der Waals surface area contributed by atoms with Crippen LogP contribution < -0.4 is 0 Å². The summed E-state index contributed by atoms with van der Waals surface area (Å²) in [4.78, 5) is -0.103. The number of halogens is 4. The first-order chi connectivity index (χ1) is 8.08. The van der Waals surface area contributed by atoms with Crippen LogP contribution in [0.15, 0.2) is 42.5 Å². The van der Waals surface area contributed by atoms with Gasteiger partial charge >= 0.3 is 0 Å². The maximum absolute atomic E-state index is 12.8. The van der Waals surface area contributed by atoms with Gasteiger partial charge in [0.25, 0.3) is 0 Å². The summed E-state index contributed by atoms with van der Waals surface area (Å²) in [5, 5.41) is 1.25. The van der Waals surface area contributed by atoms with Gasteiger partial charge in [0.05, 0.1) is 4.83 Å². The van der Waals surface area contributed by atoms with Gasteiger partial charge in [-0.3, -0.25) is 0 Å². The van der Waals surface area contributed by atoms with Crippen molar-refractivity contribution < 1.29 is 4.39 Å². The normalized spacial score (nSPS) is 12.5. The molecule has 2 aromatic rings. The monoisotopic (exact) mass is 332 g/mol. The van der Waals surface area contributed by atoms with Gasteiger partial charge in [0.1, 0.15) is 5.82 Å². The van der Waals surface area contributed by atoms with Crippen molar-refractivity contribution in [1.29, 1.82) is 0 Å².